The Labute approximate surface area is 194 Å². The van der Waals surface area contributed by atoms with Crippen LogP contribution in [-0.4, -0.2) is 25.5 Å². The molecule has 3 aromatic carbocycles. The van der Waals surface area contributed by atoms with E-state index in [1.165, 1.54) is 0 Å². The minimum atomic E-state index is -0.778. The summed E-state index contributed by atoms with van der Waals surface area (Å²) in [5, 5.41) is 5.88. The van der Waals surface area contributed by atoms with Crippen LogP contribution in [0.5, 0.6) is 11.5 Å². The molecule has 2 amide bonds. The number of methoxy groups -OCH3 is 1. The molecule has 0 aliphatic heterocycles. The quantitative estimate of drug-likeness (QED) is 0.456. The molecule has 0 bridgehead atoms. The molecule has 172 valence electrons. The first-order valence-corrected chi connectivity index (χ1v) is 11.0. The van der Waals surface area contributed by atoms with E-state index in [4.69, 9.17) is 9.47 Å². The highest BCUT2D eigenvalue weighted by Crippen LogP contribution is 2.30. The van der Waals surface area contributed by atoms with Crippen molar-refractivity contribution in [2.24, 2.45) is 0 Å². The van der Waals surface area contributed by atoms with Gasteiger partial charge in [-0.15, -0.1) is 0 Å². The molecule has 3 aromatic rings. The number of carbonyl (C=O) groups is 2. The van der Waals surface area contributed by atoms with Gasteiger partial charge in [-0.2, -0.15) is 0 Å². The largest absolute Gasteiger partial charge is 0.493 e. The molecule has 0 unspecified atom stereocenters. The SMILES string of the molecule is CCCOc1ccc(C(NC(=O)c2cccc(C)c2)NC(=O)c2cccc(C)c2)cc1OC. The van der Waals surface area contributed by atoms with E-state index in [-0.39, 0.29) is 11.8 Å². The van der Waals surface area contributed by atoms with Crippen LogP contribution in [0.25, 0.3) is 0 Å². The molecular weight excluding hydrogens is 416 g/mol. The van der Waals surface area contributed by atoms with Crippen molar-refractivity contribution in [3.8, 4) is 11.5 Å². The Morgan fingerprint density at radius 1 is 0.818 bits per heavy atom. The monoisotopic (exact) mass is 446 g/mol. The lowest BCUT2D eigenvalue weighted by Gasteiger charge is -2.22. The summed E-state index contributed by atoms with van der Waals surface area (Å²) < 4.78 is 11.2. The maximum atomic E-state index is 13.0. The second kappa shape index (κ2) is 11.2. The lowest BCUT2D eigenvalue weighted by Crippen LogP contribution is -2.41. The smallest absolute Gasteiger partial charge is 0.253 e. The van der Waals surface area contributed by atoms with Crippen molar-refractivity contribution in [1.29, 1.82) is 0 Å². The summed E-state index contributed by atoms with van der Waals surface area (Å²) in [7, 11) is 1.56. The van der Waals surface area contributed by atoms with Gasteiger partial charge < -0.3 is 20.1 Å². The van der Waals surface area contributed by atoms with Gasteiger partial charge >= 0.3 is 0 Å². The minimum Gasteiger partial charge on any atom is -0.493 e. The zero-order valence-corrected chi connectivity index (χ0v) is 19.5. The number of hydrogen-bond acceptors (Lipinski definition) is 4. The van der Waals surface area contributed by atoms with E-state index in [1.54, 1.807) is 43.5 Å². The Morgan fingerprint density at radius 3 is 1.88 bits per heavy atom. The summed E-state index contributed by atoms with van der Waals surface area (Å²) in [6.07, 6.45) is 0.0900. The average Bonchev–Trinajstić information content (AvgIpc) is 2.82. The van der Waals surface area contributed by atoms with Crippen LogP contribution >= 0.6 is 0 Å². The molecule has 0 saturated carbocycles. The van der Waals surface area contributed by atoms with Crippen molar-refractivity contribution in [2.45, 2.75) is 33.4 Å². The molecule has 6 nitrogen and oxygen atoms in total. The van der Waals surface area contributed by atoms with Gasteiger partial charge in [-0.05, 0) is 62.2 Å². The fourth-order valence-corrected chi connectivity index (χ4v) is 3.40. The van der Waals surface area contributed by atoms with Gasteiger partial charge in [-0.3, -0.25) is 9.59 Å². The van der Waals surface area contributed by atoms with Crippen LogP contribution in [0.1, 0.15) is 56.9 Å². The Kier molecular flexibility index (Phi) is 8.08. The van der Waals surface area contributed by atoms with Gasteiger partial charge in [0, 0.05) is 11.1 Å². The molecule has 6 heteroatoms. The third kappa shape index (κ3) is 6.35. The first-order valence-electron chi connectivity index (χ1n) is 11.0. The van der Waals surface area contributed by atoms with Crippen LogP contribution in [0, 0.1) is 13.8 Å². The number of amides is 2. The van der Waals surface area contributed by atoms with Crippen LogP contribution in [-0.2, 0) is 0 Å². The van der Waals surface area contributed by atoms with E-state index < -0.39 is 6.17 Å². The predicted molar refractivity (Wildman–Crippen MR) is 129 cm³/mol. The molecule has 3 rings (SSSR count). The number of ether oxygens (including phenoxy) is 2. The van der Waals surface area contributed by atoms with Gasteiger partial charge in [0.1, 0.15) is 6.17 Å². The average molecular weight is 447 g/mol. The van der Waals surface area contributed by atoms with Crippen molar-refractivity contribution in [1.82, 2.24) is 10.6 Å². The van der Waals surface area contributed by atoms with Crippen molar-refractivity contribution >= 4 is 11.8 Å². The molecule has 0 aliphatic rings. The first-order chi connectivity index (χ1) is 15.9. The fraction of sp³-hybridized carbons (Fsp3) is 0.259. The molecule has 0 aromatic heterocycles. The molecule has 0 heterocycles. The maximum Gasteiger partial charge on any atom is 0.253 e. The first kappa shape index (κ1) is 23.9. The highest BCUT2D eigenvalue weighted by atomic mass is 16.5. The zero-order chi connectivity index (χ0) is 23.8. The summed E-state index contributed by atoms with van der Waals surface area (Å²) in [5.74, 6) is 0.550. The summed E-state index contributed by atoms with van der Waals surface area (Å²) in [4.78, 5) is 26.0. The highest BCUT2D eigenvalue weighted by molar-refractivity contribution is 5.97. The Balaban J connectivity index is 1.92. The Bertz CT molecular complexity index is 1070. The van der Waals surface area contributed by atoms with Gasteiger partial charge in [-0.1, -0.05) is 48.4 Å². The molecule has 0 radical (unpaired) electrons. The summed E-state index contributed by atoms with van der Waals surface area (Å²) in [6, 6.07) is 20.0. The van der Waals surface area contributed by atoms with Crippen LogP contribution in [0.3, 0.4) is 0 Å². The van der Waals surface area contributed by atoms with E-state index in [2.05, 4.69) is 10.6 Å². The lowest BCUT2D eigenvalue weighted by molar-refractivity contribution is 0.0883. The zero-order valence-electron chi connectivity index (χ0n) is 19.5. The van der Waals surface area contributed by atoms with Crippen LogP contribution in [0.2, 0.25) is 0 Å². The van der Waals surface area contributed by atoms with Crippen LogP contribution < -0.4 is 20.1 Å². The number of nitrogens with one attached hydrogen (secondary N) is 2. The molecule has 2 N–H and O–H groups in total. The van der Waals surface area contributed by atoms with Gasteiger partial charge in [0.2, 0.25) is 0 Å². The molecular formula is C27H30N2O4. The maximum absolute atomic E-state index is 13.0. The van der Waals surface area contributed by atoms with Crippen molar-refractivity contribution in [2.75, 3.05) is 13.7 Å². The summed E-state index contributed by atoms with van der Waals surface area (Å²) in [6.45, 7) is 6.44. The molecule has 0 spiro atoms. The van der Waals surface area contributed by atoms with Crippen molar-refractivity contribution in [3.63, 3.8) is 0 Å². The standard InChI is InChI=1S/C27H30N2O4/c1-5-14-33-23-13-12-20(17-24(23)32-4)25(28-26(30)21-10-6-8-18(2)15-21)29-27(31)22-11-7-9-19(3)16-22/h6-13,15-17,25H,5,14H2,1-4H3,(H,28,30)(H,29,31). The molecule has 33 heavy (non-hydrogen) atoms. The van der Waals surface area contributed by atoms with Crippen LogP contribution in [0.15, 0.2) is 66.7 Å². The van der Waals surface area contributed by atoms with E-state index in [0.717, 1.165) is 17.5 Å². The number of rotatable bonds is 9. The second-order valence-corrected chi connectivity index (χ2v) is 7.88. The van der Waals surface area contributed by atoms with Crippen LogP contribution in [0.4, 0.5) is 0 Å². The topological polar surface area (TPSA) is 76.7 Å². The summed E-state index contributed by atoms with van der Waals surface area (Å²) in [5.41, 5.74) is 3.64. The third-order valence-corrected chi connectivity index (χ3v) is 5.09. The predicted octanol–water partition coefficient (Wildman–Crippen LogP) is 4.96. The van der Waals surface area contributed by atoms with E-state index >= 15 is 0 Å². The van der Waals surface area contributed by atoms with Gasteiger partial charge in [0.15, 0.2) is 11.5 Å². The second-order valence-electron chi connectivity index (χ2n) is 7.88. The molecule has 0 fully saturated rings. The van der Waals surface area contributed by atoms with Gasteiger partial charge in [0.05, 0.1) is 13.7 Å². The van der Waals surface area contributed by atoms with Gasteiger partial charge in [-0.25, -0.2) is 0 Å². The van der Waals surface area contributed by atoms with E-state index in [1.807, 2.05) is 51.1 Å². The fourth-order valence-electron chi connectivity index (χ4n) is 3.40. The molecule has 0 atom stereocenters. The number of aryl methyl sites for hydroxylation is 2. The highest BCUT2D eigenvalue weighted by Gasteiger charge is 2.21. The normalized spacial score (nSPS) is 10.6. The minimum absolute atomic E-state index is 0.293. The molecule has 0 aliphatic carbocycles. The van der Waals surface area contributed by atoms with Crippen molar-refractivity contribution in [3.05, 3.63) is 94.5 Å². The van der Waals surface area contributed by atoms with E-state index in [9.17, 15) is 9.59 Å². The van der Waals surface area contributed by atoms with Gasteiger partial charge in [0.25, 0.3) is 11.8 Å². The lowest BCUT2D eigenvalue weighted by atomic mass is 10.1. The van der Waals surface area contributed by atoms with Crippen molar-refractivity contribution < 1.29 is 19.1 Å². The molecule has 0 saturated heterocycles. The number of benzene rings is 3. The Hall–Kier alpha value is -3.80. The van der Waals surface area contributed by atoms with E-state index in [0.29, 0.717) is 34.8 Å². The Morgan fingerprint density at radius 2 is 1.39 bits per heavy atom. The number of hydrogen-bond donors (Lipinski definition) is 2. The summed E-state index contributed by atoms with van der Waals surface area (Å²) >= 11 is 0. The number of carbonyl (C=O) groups excluding carboxylic acids is 2. The third-order valence-electron chi connectivity index (χ3n) is 5.09.